The summed E-state index contributed by atoms with van der Waals surface area (Å²) in [6, 6.07) is 17.8. The molecule has 1 aliphatic heterocycles. The van der Waals surface area contributed by atoms with Gasteiger partial charge in [0, 0.05) is 36.6 Å². The lowest BCUT2D eigenvalue weighted by molar-refractivity contribution is -0.138. The van der Waals surface area contributed by atoms with Crippen LogP contribution in [0.3, 0.4) is 0 Å². The monoisotopic (exact) mass is 432 g/mol. The molecule has 1 fully saturated rings. The van der Waals surface area contributed by atoms with E-state index in [4.69, 9.17) is 5.73 Å². The van der Waals surface area contributed by atoms with E-state index in [1.165, 1.54) is 5.56 Å². The third-order valence-corrected chi connectivity index (χ3v) is 6.37. The normalized spacial score (nSPS) is 16.2. The summed E-state index contributed by atoms with van der Waals surface area (Å²) in [5.41, 5.74) is 8.30. The van der Waals surface area contributed by atoms with Crippen LogP contribution in [0.4, 0.5) is 0 Å². The van der Waals surface area contributed by atoms with Gasteiger partial charge in [-0.05, 0) is 49.8 Å². The lowest BCUT2D eigenvalue weighted by Crippen LogP contribution is -2.57. The van der Waals surface area contributed by atoms with Crippen molar-refractivity contribution >= 4 is 22.7 Å². The van der Waals surface area contributed by atoms with Crippen molar-refractivity contribution in [3.8, 4) is 0 Å². The highest BCUT2D eigenvalue weighted by atomic mass is 16.2. The molecule has 6 nitrogen and oxygen atoms in total. The first kappa shape index (κ1) is 22.1. The van der Waals surface area contributed by atoms with Crippen LogP contribution in [0.1, 0.15) is 43.7 Å². The Hall–Kier alpha value is -3.12. The number of carbonyl (C=O) groups excluding carboxylic acids is 2. The highest BCUT2D eigenvalue weighted by Crippen LogP contribution is 2.28. The lowest BCUT2D eigenvalue weighted by Gasteiger charge is -2.35. The van der Waals surface area contributed by atoms with Gasteiger partial charge in [-0.2, -0.15) is 0 Å². The minimum absolute atomic E-state index is 0.0422. The van der Waals surface area contributed by atoms with Crippen molar-refractivity contribution in [2.75, 3.05) is 13.1 Å². The van der Waals surface area contributed by atoms with E-state index in [0.29, 0.717) is 25.4 Å². The van der Waals surface area contributed by atoms with Crippen LogP contribution in [0.15, 0.2) is 60.8 Å². The summed E-state index contributed by atoms with van der Waals surface area (Å²) in [4.78, 5) is 31.4. The zero-order chi connectivity index (χ0) is 22.7. The molecule has 2 amide bonds. The second-order valence-electron chi connectivity index (χ2n) is 9.32. The molecule has 6 heteroatoms. The fourth-order valence-corrected chi connectivity index (χ4v) is 4.44. The molecule has 1 aromatic heterocycles. The Morgan fingerprint density at radius 3 is 2.44 bits per heavy atom. The quantitative estimate of drug-likeness (QED) is 0.558. The van der Waals surface area contributed by atoms with Gasteiger partial charge in [-0.1, -0.05) is 48.5 Å². The van der Waals surface area contributed by atoms with Crippen molar-refractivity contribution in [3.05, 3.63) is 71.9 Å². The molecule has 4 N–H and O–H groups in total. The molecule has 168 valence electrons. The van der Waals surface area contributed by atoms with Crippen molar-refractivity contribution in [3.63, 3.8) is 0 Å². The number of aromatic nitrogens is 1. The van der Waals surface area contributed by atoms with E-state index in [1.807, 2.05) is 41.4 Å². The summed E-state index contributed by atoms with van der Waals surface area (Å²) < 4.78 is 0. The van der Waals surface area contributed by atoms with E-state index >= 15 is 0 Å². The van der Waals surface area contributed by atoms with Gasteiger partial charge in [0.15, 0.2) is 0 Å². The van der Waals surface area contributed by atoms with Crippen LogP contribution < -0.4 is 11.1 Å². The fraction of sp³-hybridized carbons (Fsp3) is 0.385. The molecular weight excluding hydrogens is 400 g/mol. The number of amides is 2. The standard InChI is InChI=1S/C26H32N4O2/c1-26(2,27)25(32)29-23(16-20-17-28-22-11-7-6-10-21(20)22)24(31)30-14-12-19(13-15-30)18-8-4-3-5-9-18/h3-11,17,19,23,28H,12-16,27H2,1-2H3,(H,29,32)/t23-/m1/s1. The second kappa shape index (κ2) is 9.17. The number of rotatable bonds is 6. The number of nitrogens with zero attached hydrogens (tertiary/aromatic N) is 1. The summed E-state index contributed by atoms with van der Waals surface area (Å²) in [5.74, 6) is 0.0964. The molecule has 2 aromatic carbocycles. The molecule has 0 unspecified atom stereocenters. The summed E-state index contributed by atoms with van der Waals surface area (Å²) in [7, 11) is 0. The van der Waals surface area contributed by atoms with E-state index in [9.17, 15) is 9.59 Å². The molecule has 0 radical (unpaired) electrons. The van der Waals surface area contributed by atoms with E-state index in [-0.39, 0.29) is 11.8 Å². The van der Waals surface area contributed by atoms with E-state index < -0.39 is 11.6 Å². The van der Waals surface area contributed by atoms with Gasteiger partial charge in [0.2, 0.25) is 11.8 Å². The third-order valence-electron chi connectivity index (χ3n) is 6.37. The Morgan fingerprint density at radius 2 is 1.75 bits per heavy atom. The molecule has 4 rings (SSSR count). The molecule has 1 saturated heterocycles. The van der Waals surface area contributed by atoms with Crippen molar-refractivity contribution < 1.29 is 9.59 Å². The number of piperidine rings is 1. The van der Waals surface area contributed by atoms with Crippen molar-refractivity contribution in [2.24, 2.45) is 5.73 Å². The van der Waals surface area contributed by atoms with Gasteiger partial charge in [-0.15, -0.1) is 0 Å². The molecule has 2 heterocycles. The molecule has 0 spiro atoms. The lowest BCUT2D eigenvalue weighted by atomic mass is 9.89. The van der Waals surface area contributed by atoms with Crippen LogP contribution in [0.5, 0.6) is 0 Å². The van der Waals surface area contributed by atoms with Gasteiger partial charge in [0.1, 0.15) is 6.04 Å². The Kier molecular flexibility index (Phi) is 6.33. The Balaban J connectivity index is 1.50. The van der Waals surface area contributed by atoms with Crippen molar-refractivity contribution in [1.82, 2.24) is 15.2 Å². The number of benzene rings is 2. The zero-order valence-corrected chi connectivity index (χ0v) is 18.8. The average Bonchev–Trinajstić information content (AvgIpc) is 3.21. The number of nitrogens with two attached hydrogens (primary N) is 1. The topological polar surface area (TPSA) is 91.2 Å². The average molecular weight is 433 g/mol. The first-order chi connectivity index (χ1) is 15.3. The molecule has 1 atom stereocenters. The summed E-state index contributed by atoms with van der Waals surface area (Å²) in [6.07, 6.45) is 4.19. The SMILES string of the molecule is CC(C)(N)C(=O)N[C@H](Cc1c[nH]c2ccccc12)C(=O)N1CCC(c2ccccc2)CC1. The van der Waals surface area contributed by atoms with Gasteiger partial charge >= 0.3 is 0 Å². The van der Waals surface area contributed by atoms with Crippen LogP contribution >= 0.6 is 0 Å². The predicted molar refractivity (Wildman–Crippen MR) is 127 cm³/mol. The minimum atomic E-state index is -1.06. The highest BCUT2D eigenvalue weighted by molar-refractivity contribution is 5.92. The maximum Gasteiger partial charge on any atom is 0.245 e. The Morgan fingerprint density at radius 1 is 1.09 bits per heavy atom. The first-order valence-electron chi connectivity index (χ1n) is 11.3. The van der Waals surface area contributed by atoms with Crippen LogP contribution in [-0.2, 0) is 16.0 Å². The van der Waals surface area contributed by atoms with Gasteiger partial charge < -0.3 is 20.9 Å². The molecule has 0 saturated carbocycles. The Labute approximate surface area is 189 Å². The van der Waals surface area contributed by atoms with Gasteiger partial charge in [-0.25, -0.2) is 0 Å². The maximum atomic E-state index is 13.5. The van der Waals surface area contributed by atoms with Gasteiger partial charge in [-0.3, -0.25) is 9.59 Å². The number of aromatic amines is 1. The molecule has 3 aromatic rings. The molecule has 0 bridgehead atoms. The first-order valence-corrected chi connectivity index (χ1v) is 11.3. The minimum Gasteiger partial charge on any atom is -0.361 e. The number of fused-ring (bicyclic) bond motifs is 1. The van der Waals surface area contributed by atoms with Gasteiger partial charge in [0.25, 0.3) is 0 Å². The van der Waals surface area contributed by atoms with E-state index in [2.05, 4.69) is 34.6 Å². The molecule has 0 aliphatic carbocycles. The maximum absolute atomic E-state index is 13.5. The van der Waals surface area contributed by atoms with Crippen LogP contribution in [0, 0.1) is 0 Å². The molecule has 1 aliphatic rings. The van der Waals surface area contributed by atoms with Crippen LogP contribution in [0.25, 0.3) is 10.9 Å². The number of likely N-dealkylation sites (tertiary alicyclic amines) is 1. The largest absolute Gasteiger partial charge is 0.361 e. The fourth-order valence-electron chi connectivity index (χ4n) is 4.44. The zero-order valence-electron chi connectivity index (χ0n) is 18.8. The van der Waals surface area contributed by atoms with Gasteiger partial charge in [0.05, 0.1) is 5.54 Å². The van der Waals surface area contributed by atoms with E-state index in [1.54, 1.807) is 13.8 Å². The third kappa shape index (κ3) is 4.86. The van der Waals surface area contributed by atoms with Crippen molar-refractivity contribution in [2.45, 2.75) is 50.6 Å². The molecular formula is C26H32N4O2. The van der Waals surface area contributed by atoms with E-state index in [0.717, 1.165) is 29.3 Å². The number of para-hydroxylation sites is 1. The predicted octanol–water partition coefficient (Wildman–Crippen LogP) is 3.34. The summed E-state index contributed by atoms with van der Waals surface area (Å²) in [6.45, 7) is 4.68. The Bertz CT molecular complexity index is 1080. The number of nitrogens with one attached hydrogen (secondary N) is 2. The van der Waals surface area contributed by atoms with Crippen LogP contribution in [-0.4, -0.2) is 46.4 Å². The van der Waals surface area contributed by atoms with Crippen LogP contribution in [0.2, 0.25) is 0 Å². The van der Waals surface area contributed by atoms with Crippen molar-refractivity contribution in [1.29, 1.82) is 0 Å². The summed E-state index contributed by atoms with van der Waals surface area (Å²) >= 11 is 0. The number of hydrogen-bond donors (Lipinski definition) is 3. The number of H-pyrrole nitrogens is 1. The number of carbonyl (C=O) groups is 2. The number of hydrogen-bond acceptors (Lipinski definition) is 3. The highest BCUT2D eigenvalue weighted by Gasteiger charge is 2.33. The smallest absolute Gasteiger partial charge is 0.245 e. The molecule has 32 heavy (non-hydrogen) atoms. The summed E-state index contributed by atoms with van der Waals surface area (Å²) in [5, 5.41) is 4.00. The second-order valence-corrected chi connectivity index (χ2v) is 9.32.